The largest absolute Gasteiger partial charge is 0.348 e. The summed E-state index contributed by atoms with van der Waals surface area (Å²) in [6.45, 7) is 0.259. The molecule has 2 aromatic carbocycles. The number of sulfonamides is 1. The van der Waals surface area contributed by atoms with E-state index < -0.39 is 10.0 Å². The molecule has 0 bridgehead atoms. The van der Waals surface area contributed by atoms with Gasteiger partial charge >= 0.3 is 0 Å². The zero-order valence-corrected chi connectivity index (χ0v) is 14.7. The molecule has 1 amide bonds. The Labute approximate surface area is 150 Å². The van der Waals surface area contributed by atoms with Crippen molar-refractivity contribution in [1.82, 2.24) is 5.32 Å². The van der Waals surface area contributed by atoms with E-state index in [2.05, 4.69) is 5.32 Å². The molecule has 0 atom stereocenters. The fourth-order valence-corrected chi connectivity index (χ4v) is 2.66. The van der Waals surface area contributed by atoms with E-state index in [1.165, 1.54) is 18.2 Å². The van der Waals surface area contributed by atoms with E-state index in [1.54, 1.807) is 36.4 Å². The van der Waals surface area contributed by atoms with Crippen molar-refractivity contribution in [2.75, 3.05) is 0 Å². The van der Waals surface area contributed by atoms with Crippen molar-refractivity contribution in [3.8, 4) is 0 Å². The maximum atomic E-state index is 11.8. The number of halogens is 2. The lowest BCUT2D eigenvalue weighted by molar-refractivity contribution is -0.116. The van der Waals surface area contributed by atoms with Gasteiger partial charge in [0.25, 0.3) is 0 Å². The summed E-state index contributed by atoms with van der Waals surface area (Å²) in [5, 5.41) is 8.56. The quantitative estimate of drug-likeness (QED) is 0.776. The Balaban J connectivity index is 1.93. The number of benzene rings is 2. The van der Waals surface area contributed by atoms with Gasteiger partial charge < -0.3 is 5.32 Å². The number of carbonyl (C=O) groups excluding carboxylic acids is 1. The van der Waals surface area contributed by atoms with Crippen molar-refractivity contribution in [3.63, 3.8) is 0 Å². The van der Waals surface area contributed by atoms with Crippen molar-refractivity contribution >= 4 is 45.2 Å². The summed E-state index contributed by atoms with van der Waals surface area (Å²) in [5.74, 6) is -0.295. The lowest BCUT2D eigenvalue weighted by Crippen LogP contribution is -2.20. The summed E-state index contributed by atoms with van der Waals surface area (Å²) in [4.78, 5) is 11.8. The Hall–Kier alpha value is -1.86. The van der Waals surface area contributed by atoms with Crippen LogP contribution in [0, 0.1) is 0 Å². The van der Waals surface area contributed by atoms with Crippen LogP contribution in [0.15, 0.2) is 53.4 Å². The number of rotatable bonds is 5. The molecule has 0 heterocycles. The molecule has 8 heteroatoms. The standard InChI is InChI=1S/C16H14Cl2N2O3S/c17-14-7-3-11(9-15(14)18)4-8-16(21)20-10-12-1-5-13(6-2-12)24(19,22)23/h1-9H,10H2,(H,20,21)(H2,19,22,23)/b8-4-. The van der Waals surface area contributed by atoms with E-state index >= 15 is 0 Å². The predicted molar refractivity (Wildman–Crippen MR) is 95.2 cm³/mol. The van der Waals surface area contributed by atoms with Crippen molar-refractivity contribution < 1.29 is 13.2 Å². The van der Waals surface area contributed by atoms with Crippen LogP contribution in [0.5, 0.6) is 0 Å². The van der Waals surface area contributed by atoms with Gasteiger partial charge in [0, 0.05) is 12.6 Å². The van der Waals surface area contributed by atoms with Crippen LogP contribution < -0.4 is 10.5 Å². The average Bonchev–Trinajstić information content (AvgIpc) is 2.53. The van der Waals surface area contributed by atoms with Gasteiger partial charge in [0.2, 0.25) is 15.9 Å². The minimum Gasteiger partial charge on any atom is -0.348 e. The van der Waals surface area contributed by atoms with Crippen molar-refractivity contribution in [2.24, 2.45) is 5.14 Å². The number of nitrogens with one attached hydrogen (secondary N) is 1. The molecule has 0 aliphatic heterocycles. The van der Waals surface area contributed by atoms with Crippen LogP contribution in [-0.2, 0) is 21.4 Å². The maximum Gasteiger partial charge on any atom is 0.244 e. The van der Waals surface area contributed by atoms with E-state index in [4.69, 9.17) is 28.3 Å². The number of hydrogen-bond acceptors (Lipinski definition) is 3. The molecule has 0 spiro atoms. The summed E-state index contributed by atoms with van der Waals surface area (Å²) in [7, 11) is -3.72. The molecule has 0 saturated carbocycles. The molecule has 0 aromatic heterocycles. The molecule has 0 radical (unpaired) electrons. The summed E-state index contributed by atoms with van der Waals surface area (Å²) in [6, 6.07) is 11.0. The topological polar surface area (TPSA) is 89.3 Å². The van der Waals surface area contributed by atoms with Gasteiger partial charge in [-0.3, -0.25) is 4.79 Å². The van der Waals surface area contributed by atoms with E-state index in [9.17, 15) is 13.2 Å². The fraction of sp³-hybridized carbons (Fsp3) is 0.0625. The molecule has 0 saturated heterocycles. The smallest absolute Gasteiger partial charge is 0.244 e. The van der Waals surface area contributed by atoms with Gasteiger partial charge in [-0.2, -0.15) is 0 Å². The third-order valence-corrected chi connectivity index (χ3v) is 4.76. The van der Waals surface area contributed by atoms with Gasteiger partial charge in [-0.1, -0.05) is 41.4 Å². The highest BCUT2D eigenvalue weighted by molar-refractivity contribution is 7.89. The second-order valence-electron chi connectivity index (χ2n) is 4.91. The van der Waals surface area contributed by atoms with Gasteiger partial charge in [-0.15, -0.1) is 0 Å². The van der Waals surface area contributed by atoms with E-state index in [1.807, 2.05) is 0 Å². The maximum absolute atomic E-state index is 11.8. The van der Waals surface area contributed by atoms with Gasteiger partial charge in [0.15, 0.2) is 0 Å². The van der Waals surface area contributed by atoms with Crippen LogP contribution in [0.4, 0.5) is 0 Å². The average molecular weight is 385 g/mol. The highest BCUT2D eigenvalue weighted by Crippen LogP contribution is 2.23. The van der Waals surface area contributed by atoms with Crippen LogP contribution in [0.25, 0.3) is 6.08 Å². The monoisotopic (exact) mass is 384 g/mol. The molecule has 0 unspecified atom stereocenters. The van der Waals surface area contributed by atoms with Crippen molar-refractivity contribution in [1.29, 1.82) is 0 Å². The summed E-state index contributed by atoms with van der Waals surface area (Å²) >= 11 is 11.7. The Kier molecular flexibility index (Phi) is 6.01. The molecule has 3 N–H and O–H groups in total. The second-order valence-corrected chi connectivity index (χ2v) is 7.29. The SMILES string of the molecule is NS(=O)(=O)c1ccc(CNC(=O)/C=C\c2ccc(Cl)c(Cl)c2)cc1. The first-order valence-electron chi connectivity index (χ1n) is 6.78. The number of carbonyl (C=O) groups is 1. The first-order chi connectivity index (χ1) is 11.3. The zero-order chi connectivity index (χ0) is 17.7. The highest BCUT2D eigenvalue weighted by atomic mass is 35.5. The lowest BCUT2D eigenvalue weighted by Gasteiger charge is -2.04. The van der Waals surface area contributed by atoms with Crippen molar-refractivity contribution in [2.45, 2.75) is 11.4 Å². The molecule has 0 aliphatic rings. The summed E-state index contributed by atoms with van der Waals surface area (Å²) < 4.78 is 22.3. The zero-order valence-electron chi connectivity index (χ0n) is 12.4. The molecule has 2 rings (SSSR count). The molecule has 5 nitrogen and oxygen atoms in total. The fourth-order valence-electron chi connectivity index (χ4n) is 1.83. The van der Waals surface area contributed by atoms with Crippen molar-refractivity contribution in [3.05, 3.63) is 69.7 Å². The van der Waals surface area contributed by atoms with Gasteiger partial charge in [0.1, 0.15) is 0 Å². The lowest BCUT2D eigenvalue weighted by atomic mass is 10.2. The van der Waals surface area contributed by atoms with E-state index in [0.29, 0.717) is 10.0 Å². The van der Waals surface area contributed by atoms with Crippen LogP contribution in [-0.4, -0.2) is 14.3 Å². The molecule has 0 fully saturated rings. The van der Waals surface area contributed by atoms with E-state index in [-0.39, 0.29) is 17.3 Å². The highest BCUT2D eigenvalue weighted by Gasteiger charge is 2.06. The van der Waals surface area contributed by atoms with Gasteiger partial charge in [-0.25, -0.2) is 13.6 Å². The minimum absolute atomic E-state index is 0.0251. The first kappa shape index (κ1) is 18.5. The van der Waals surface area contributed by atoms with Gasteiger partial charge in [-0.05, 0) is 41.5 Å². The third kappa shape index (κ3) is 5.35. The summed E-state index contributed by atoms with van der Waals surface area (Å²) in [5.41, 5.74) is 1.50. The summed E-state index contributed by atoms with van der Waals surface area (Å²) in [6.07, 6.45) is 2.99. The Morgan fingerprint density at radius 1 is 1.08 bits per heavy atom. The van der Waals surface area contributed by atoms with Gasteiger partial charge in [0.05, 0.1) is 14.9 Å². The Bertz CT molecular complexity index is 879. The Morgan fingerprint density at radius 2 is 1.75 bits per heavy atom. The molecular weight excluding hydrogens is 371 g/mol. The Morgan fingerprint density at radius 3 is 2.33 bits per heavy atom. The second kappa shape index (κ2) is 7.81. The number of nitrogens with two attached hydrogens (primary N) is 1. The van der Waals surface area contributed by atoms with Crippen LogP contribution in [0.3, 0.4) is 0 Å². The predicted octanol–water partition coefficient (Wildman–Crippen LogP) is 2.97. The molecule has 126 valence electrons. The number of primary sulfonamides is 1. The molecule has 0 aliphatic carbocycles. The number of hydrogen-bond donors (Lipinski definition) is 2. The third-order valence-electron chi connectivity index (χ3n) is 3.09. The number of amides is 1. The molecule has 2 aromatic rings. The molecule has 24 heavy (non-hydrogen) atoms. The minimum atomic E-state index is -3.72. The van der Waals surface area contributed by atoms with Crippen LogP contribution in [0.1, 0.15) is 11.1 Å². The molecular formula is C16H14Cl2N2O3S. The van der Waals surface area contributed by atoms with Crippen LogP contribution >= 0.6 is 23.2 Å². The van der Waals surface area contributed by atoms with E-state index in [0.717, 1.165) is 11.1 Å². The van der Waals surface area contributed by atoms with Crippen LogP contribution in [0.2, 0.25) is 10.0 Å². The first-order valence-corrected chi connectivity index (χ1v) is 9.08. The normalized spacial score (nSPS) is 11.6.